The number of aromatic nitrogens is 1. The molecule has 242 valence electrons. The van der Waals surface area contributed by atoms with Gasteiger partial charge in [-0.2, -0.15) is 0 Å². The summed E-state index contributed by atoms with van der Waals surface area (Å²) in [6.45, 7) is 0. The van der Waals surface area contributed by atoms with E-state index in [0.717, 1.165) is 24.9 Å². The van der Waals surface area contributed by atoms with E-state index < -0.39 is 0 Å². The van der Waals surface area contributed by atoms with Gasteiger partial charge in [-0.05, 0) is 105 Å². The van der Waals surface area contributed by atoms with Crippen LogP contribution in [0.1, 0.15) is 34.7 Å². The first-order valence-electron chi connectivity index (χ1n) is 18.0. The van der Waals surface area contributed by atoms with E-state index in [-0.39, 0.29) is 5.92 Å². The van der Waals surface area contributed by atoms with Gasteiger partial charge in [-0.25, -0.2) is 0 Å². The van der Waals surface area contributed by atoms with Crippen LogP contribution >= 0.6 is 0 Å². The molecule has 0 fully saturated rings. The van der Waals surface area contributed by atoms with Crippen molar-refractivity contribution in [2.45, 2.75) is 25.2 Å². The minimum atomic E-state index is 0.227. The number of hydrogen-bond donors (Lipinski definition) is 0. The molecule has 2 nitrogen and oxygen atoms in total. The Labute approximate surface area is 299 Å². The summed E-state index contributed by atoms with van der Waals surface area (Å²) in [4.78, 5) is 5.04. The van der Waals surface area contributed by atoms with E-state index in [4.69, 9.17) is 4.99 Å². The summed E-state index contributed by atoms with van der Waals surface area (Å²) in [6, 6.07) is 62.5. The summed E-state index contributed by atoms with van der Waals surface area (Å²) in [5.41, 5.74) is 19.1. The molecule has 2 aliphatic rings. The van der Waals surface area contributed by atoms with E-state index in [1.165, 1.54) is 83.5 Å². The van der Waals surface area contributed by atoms with Crippen molar-refractivity contribution in [3.05, 3.63) is 192 Å². The maximum atomic E-state index is 5.04. The first-order valence-corrected chi connectivity index (χ1v) is 18.0. The Hall–Kier alpha value is -6.25. The Morgan fingerprint density at radius 2 is 1.16 bits per heavy atom. The van der Waals surface area contributed by atoms with Crippen LogP contribution in [0.15, 0.2) is 175 Å². The van der Waals surface area contributed by atoms with Crippen molar-refractivity contribution in [2.75, 3.05) is 0 Å². The molecule has 2 heterocycles. The number of rotatable bonds is 5. The van der Waals surface area contributed by atoms with Gasteiger partial charge in [0.1, 0.15) is 0 Å². The van der Waals surface area contributed by atoms with Gasteiger partial charge >= 0.3 is 0 Å². The quantitative estimate of drug-likeness (QED) is 0.176. The molecule has 0 saturated carbocycles. The largest absolute Gasteiger partial charge is 0.311 e. The summed E-state index contributed by atoms with van der Waals surface area (Å²) in [5.74, 6) is 0.227. The average molecular weight is 653 g/mol. The zero-order valence-electron chi connectivity index (χ0n) is 28.3. The number of nitrogens with zero attached hydrogens (tertiary/aromatic N) is 2. The van der Waals surface area contributed by atoms with Gasteiger partial charge < -0.3 is 4.57 Å². The van der Waals surface area contributed by atoms with E-state index in [0.29, 0.717) is 0 Å². The summed E-state index contributed by atoms with van der Waals surface area (Å²) in [5, 5.41) is 1.21. The summed E-state index contributed by atoms with van der Waals surface area (Å²) >= 11 is 0. The van der Waals surface area contributed by atoms with E-state index in [2.05, 4.69) is 181 Å². The van der Waals surface area contributed by atoms with Crippen molar-refractivity contribution in [1.29, 1.82) is 0 Å². The molecular formula is C49H36N2. The minimum absolute atomic E-state index is 0.227. The lowest BCUT2D eigenvalue weighted by Gasteiger charge is -2.31. The third kappa shape index (κ3) is 5.06. The number of fused-ring (bicyclic) bond motifs is 6. The maximum absolute atomic E-state index is 5.04. The highest BCUT2D eigenvalue weighted by Gasteiger charge is 2.29. The van der Waals surface area contributed by atoms with E-state index in [1.807, 2.05) is 0 Å². The standard InChI is InChI=1S/C49H36N2/c1-3-12-33(13-4-1)35-23-26-40(27-24-35)51-46-28-25-39(32-45(46)49-47(51)22-11-29-50-49)42-20-10-21-43-41-19-8-7-16-38(41)31-44(48(42)43)37-18-9-17-36(30-37)34-14-5-2-6-15-34/h1-10,12-21,23-30,32,44H,11,22,31H2. The van der Waals surface area contributed by atoms with Crippen LogP contribution in [0.5, 0.6) is 0 Å². The Morgan fingerprint density at radius 3 is 1.98 bits per heavy atom. The normalized spacial score (nSPS) is 14.5. The Bertz CT molecular complexity index is 2590. The number of aliphatic imine (C=N–C) groups is 1. The van der Waals surface area contributed by atoms with Gasteiger partial charge in [-0.15, -0.1) is 0 Å². The summed E-state index contributed by atoms with van der Waals surface area (Å²) < 4.78 is 2.44. The molecule has 0 radical (unpaired) electrons. The van der Waals surface area contributed by atoms with Crippen LogP contribution in [0.25, 0.3) is 61.1 Å². The van der Waals surface area contributed by atoms with Gasteiger partial charge in [0.2, 0.25) is 0 Å². The van der Waals surface area contributed by atoms with Crippen LogP contribution in [0.3, 0.4) is 0 Å². The maximum Gasteiger partial charge on any atom is 0.0917 e. The Balaban J connectivity index is 1.13. The molecule has 0 saturated heterocycles. The minimum Gasteiger partial charge on any atom is -0.311 e. The second kappa shape index (κ2) is 12.3. The molecule has 51 heavy (non-hydrogen) atoms. The SMILES string of the molecule is C1=Nc2c(n(-c3ccc(-c4ccccc4)cc3)c3ccc(-c4cccc5c4C(c4cccc(-c6ccccc6)c4)Cc4ccccc4-5)cc23)CC1. The van der Waals surface area contributed by atoms with Crippen LogP contribution in [0.4, 0.5) is 5.69 Å². The number of hydrogen-bond acceptors (Lipinski definition) is 1. The molecule has 0 amide bonds. The highest BCUT2D eigenvalue weighted by atomic mass is 15.0. The lowest BCUT2D eigenvalue weighted by molar-refractivity contribution is 0.796. The van der Waals surface area contributed by atoms with Crippen LogP contribution in [-0.2, 0) is 12.8 Å². The van der Waals surface area contributed by atoms with Crippen molar-refractivity contribution in [3.8, 4) is 50.2 Å². The number of benzene rings is 7. The molecule has 1 atom stereocenters. The smallest absolute Gasteiger partial charge is 0.0917 e. The fourth-order valence-corrected chi connectivity index (χ4v) is 8.52. The molecule has 1 unspecified atom stereocenters. The molecule has 8 aromatic rings. The highest BCUT2D eigenvalue weighted by molar-refractivity contribution is 6.00. The summed E-state index contributed by atoms with van der Waals surface area (Å²) in [6.07, 6.45) is 4.98. The van der Waals surface area contributed by atoms with Crippen molar-refractivity contribution in [3.63, 3.8) is 0 Å². The molecule has 0 bridgehead atoms. The van der Waals surface area contributed by atoms with Gasteiger partial charge in [0.25, 0.3) is 0 Å². The van der Waals surface area contributed by atoms with Gasteiger partial charge in [-0.1, -0.05) is 146 Å². The molecule has 0 spiro atoms. The van der Waals surface area contributed by atoms with Gasteiger partial charge in [0, 0.05) is 28.9 Å². The second-order valence-corrected chi connectivity index (χ2v) is 13.8. The zero-order valence-corrected chi connectivity index (χ0v) is 28.3. The lowest BCUT2D eigenvalue weighted by atomic mass is 9.72. The third-order valence-electron chi connectivity index (χ3n) is 10.9. The molecule has 0 N–H and O–H groups in total. The topological polar surface area (TPSA) is 17.3 Å². The molecule has 1 aliphatic carbocycles. The van der Waals surface area contributed by atoms with Crippen LogP contribution in [-0.4, -0.2) is 10.8 Å². The van der Waals surface area contributed by atoms with Gasteiger partial charge in [0.15, 0.2) is 0 Å². The third-order valence-corrected chi connectivity index (χ3v) is 10.9. The van der Waals surface area contributed by atoms with Crippen molar-refractivity contribution in [1.82, 2.24) is 4.57 Å². The van der Waals surface area contributed by atoms with E-state index >= 15 is 0 Å². The first-order chi connectivity index (χ1) is 25.3. The molecule has 7 aromatic carbocycles. The fourth-order valence-electron chi connectivity index (χ4n) is 8.52. The van der Waals surface area contributed by atoms with Crippen LogP contribution in [0, 0.1) is 0 Å². The Kier molecular flexibility index (Phi) is 7.13. The van der Waals surface area contributed by atoms with Crippen molar-refractivity contribution >= 4 is 22.8 Å². The monoisotopic (exact) mass is 652 g/mol. The Morgan fingerprint density at radius 1 is 0.510 bits per heavy atom. The second-order valence-electron chi connectivity index (χ2n) is 13.8. The first kappa shape index (κ1) is 29.6. The van der Waals surface area contributed by atoms with Crippen molar-refractivity contribution < 1.29 is 0 Å². The molecule has 10 rings (SSSR count). The molecular weight excluding hydrogens is 617 g/mol. The zero-order chi connectivity index (χ0) is 33.7. The van der Waals surface area contributed by atoms with Crippen LogP contribution in [0.2, 0.25) is 0 Å². The van der Waals surface area contributed by atoms with Crippen molar-refractivity contribution in [2.24, 2.45) is 4.99 Å². The predicted molar refractivity (Wildman–Crippen MR) is 213 cm³/mol. The van der Waals surface area contributed by atoms with Gasteiger partial charge in [-0.3, -0.25) is 4.99 Å². The predicted octanol–water partition coefficient (Wildman–Crippen LogP) is 12.6. The molecule has 2 heteroatoms. The lowest BCUT2D eigenvalue weighted by Crippen LogP contribution is -2.14. The molecule has 1 aromatic heterocycles. The van der Waals surface area contributed by atoms with E-state index in [9.17, 15) is 0 Å². The molecule has 1 aliphatic heterocycles. The van der Waals surface area contributed by atoms with E-state index in [1.54, 1.807) is 0 Å². The average Bonchev–Trinajstić information content (AvgIpc) is 3.55. The summed E-state index contributed by atoms with van der Waals surface area (Å²) in [7, 11) is 0. The highest BCUT2D eigenvalue weighted by Crippen LogP contribution is 2.48. The fraction of sp³-hybridized carbons (Fsp3) is 0.0816. The van der Waals surface area contributed by atoms with Crippen LogP contribution < -0.4 is 0 Å². The van der Waals surface area contributed by atoms with Gasteiger partial charge in [0.05, 0.1) is 11.2 Å².